The van der Waals surface area contributed by atoms with Gasteiger partial charge in [0.25, 0.3) is 17.4 Å². The molecule has 69 heavy (non-hydrogen) atoms. The number of aliphatic hydroxyl groups excluding tert-OH is 1. The zero-order valence-electron chi connectivity index (χ0n) is 41.9. The van der Waals surface area contributed by atoms with Crippen LogP contribution in [0.4, 0.5) is 28.7 Å². The number of hydrogen-bond acceptors (Lipinski definition) is 13. The molecule has 1 aromatic carbocycles. The second-order valence-corrected chi connectivity index (χ2v) is 20.5. The second kappa shape index (κ2) is 18.1. The van der Waals surface area contributed by atoms with Gasteiger partial charge in [0, 0.05) is 115 Å². The molecule has 16 nitrogen and oxygen atoms in total. The summed E-state index contributed by atoms with van der Waals surface area (Å²) in [7, 11) is 0. The predicted octanol–water partition coefficient (Wildman–Crippen LogP) is 5.55. The first-order valence-corrected chi connectivity index (χ1v) is 25.1. The molecule has 1 aliphatic carbocycles. The van der Waals surface area contributed by atoms with E-state index in [1.807, 2.05) is 18.2 Å². The fourth-order valence-corrected chi connectivity index (χ4v) is 13.1. The Morgan fingerprint density at radius 2 is 1.68 bits per heavy atom. The number of fused-ring (bicyclic) bond motifs is 4. The molecule has 4 amide bonds. The number of aryl methyl sites for hydroxylation is 2. The van der Waals surface area contributed by atoms with Gasteiger partial charge in [-0.25, -0.2) is 9.97 Å². The largest absolute Gasteiger partial charge is 0.392 e. The van der Waals surface area contributed by atoms with E-state index in [-0.39, 0.29) is 41.9 Å². The van der Waals surface area contributed by atoms with Crippen LogP contribution in [0.3, 0.4) is 0 Å². The van der Waals surface area contributed by atoms with Gasteiger partial charge in [0.05, 0.1) is 23.4 Å². The average Bonchev–Trinajstić information content (AvgIpc) is 3.91. The molecule has 3 fully saturated rings. The third-order valence-corrected chi connectivity index (χ3v) is 16.6. The van der Waals surface area contributed by atoms with Crippen molar-refractivity contribution >= 4 is 63.7 Å². The number of carbonyl (C=O) groups excluding carboxylic acids is 4. The third kappa shape index (κ3) is 8.17. The molecule has 6 aliphatic rings. The van der Waals surface area contributed by atoms with Crippen LogP contribution in [0.15, 0.2) is 65.8 Å². The van der Waals surface area contributed by atoms with Gasteiger partial charge in [-0.2, -0.15) is 0 Å². The van der Waals surface area contributed by atoms with E-state index < -0.39 is 31.1 Å². The molecule has 9 heterocycles. The van der Waals surface area contributed by atoms with Crippen molar-refractivity contribution in [2.45, 2.75) is 109 Å². The number of carbonyl (C=O) groups is 4. The van der Waals surface area contributed by atoms with E-state index in [1.165, 1.54) is 16.6 Å². The first-order valence-electron chi connectivity index (χ1n) is 25.7. The molecule has 0 bridgehead atoms. The Hall–Kier alpha value is -6.43. The zero-order chi connectivity index (χ0) is 50.2. The SMILES string of the molecule is [2H]C([2H])([2H])n1cc(-c2ccnc(N3CCc4c(sc5c4CCCC5)C3=O)c2CO)cc(Nc2ccc(N3CCN([C@@H]4CCN(c5ccc6c(c5)CN([C@H]5CCC(=O)NC5=O)C6=O)[C@H](C)C4)C[C@@H]3C)cn2)c1=O. The van der Waals surface area contributed by atoms with Crippen molar-refractivity contribution in [3.63, 3.8) is 0 Å². The van der Waals surface area contributed by atoms with Gasteiger partial charge in [-0.3, -0.25) is 39.1 Å². The number of aromatic nitrogens is 3. The third-order valence-electron chi connectivity index (χ3n) is 15.3. The standard InChI is InChI=1S/C52H58N10O6S/c1-30-22-34(15-18-59(30)35-8-10-38-32(23-35)28-62(50(38)66)43-11-13-46(64)56-49(43)65)58-20-21-60(31(2)26-58)36-9-12-45(54-25-36)55-42-24-33(27-57(3)51(42)67)37-14-17-53-48(41(37)29-63)61-19-16-40-39-6-4-5-7-44(39)69-47(40)52(61)68/h8-10,12,14,17,23-25,27,30-31,34,43,63H,4-7,11,13,15-16,18-22,26,28-29H2,1-3H3,(H,54,55)(H,56,64,65)/t30-,31+,34-,43+/m1/s1/i3D3. The fraction of sp³-hybridized carbons (Fsp3) is 0.442. The number of benzene rings is 1. The molecule has 0 spiro atoms. The van der Waals surface area contributed by atoms with Gasteiger partial charge in [0.1, 0.15) is 23.4 Å². The zero-order valence-corrected chi connectivity index (χ0v) is 39.7. The molecular formula is C52H58N10O6S. The first-order chi connectivity index (χ1) is 34.6. The minimum atomic E-state index is -2.82. The quantitative estimate of drug-likeness (QED) is 0.157. The van der Waals surface area contributed by atoms with Gasteiger partial charge in [0.15, 0.2) is 0 Å². The number of pyridine rings is 3. The van der Waals surface area contributed by atoms with Crippen LogP contribution in [0.2, 0.25) is 0 Å². The summed E-state index contributed by atoms with van der Waals surface area (Å²) in [5.41, 5.74) is 6.33. The van der Waals surface area contributed by atoms with Crippen molar-refractivity contribution in [3.05, 3.63) is 109 Å². The summed E-state index contributed by atoms with van der Waals surface area (Å²) in [6.45, 7) is 5.31. The maximum atomic E-state index is 14.1. The molecular weight excluding hydrogens is 893 g/mol. The number of nitrogens with zero attached hydrogens (tertiary/aromatic N) is 8. The molecule has 4 atom stereocenters. The minimum Gasteiger partial charge on any atom is -0.392 e. The lowest BCUT2D eigenvalue weighted by molar-refractivity contribution is -0.136. The summed E-state index contributed by atoms with van der Waals surface area (Å²) in [4.78, 5) is 87.3. The number of rotatable bonds is 9. The van der Waals surface area contributed by atoms with Gasteiger partial charge < -0.3 is 29.7 Å². The second-order valence-electron chi connectivity index (χ2n) is 19.4. The Morgan fingerprint density at radius 3 is 2.46 bits per heavy atom. The van der Waals surface area contributed by atoms with Crippen LogP contribution in [-0.4, -0.2) is 110 Å². The molecule has 11 rings (SSSR count). The monoisotopic (exact) mass is 953 g/mol. The van der Waals surface area contributed by atoms with Crippen LogP contribution in [0, 0.1) is 0 Å². The van der Waals surface area contributed by atoms with Crippen LogP contribution in [0.1, 0.15) is 104 Å². The van der Waals surface area contributed by atoms with Crippen molar-refractivity contribution in [1.82, 2.24) is 29.7 Å². The number of hydrogen-bond donors (Lipinski definition) is 3. The molecule has 0 unspecified atom stereocenters. The number of piperazine rings is 1. The number of amides is 4. The van der Waals surface area contributed by atoms with Gasteiger partial charge in [-0.1, -0.05) is 0 Å². The van der Waals surface area contributed by atoms with E-state index in [4.69, 9.17) is 4.11 Å². The number of piperidine rings is 2. The van der Waals surface area contributed by atoms with E-state index in [1.54, 1.807) is 51.7 Å². The topological polar surface area (TPSA) is 177 Å². The van der Waals surface area contributed by atoms with E-state index >= 15 is 0 Å². The Kier molecular flexibility index (Phi) is 10.9. The minimum absolute atomic E-state index is 0.0149. The first kappa shape index (κ1) is 41.5. The van der Waals surface area contributed by atoms with E-state index in [0.717, 1.165) is 92.1 Å². The lowest BCUT2D eigenvalue weighted by Crippen LogP contribution is -2.58. The van der Waals surface area contributed by atoms with Crippen LogP contribution >= 0.6 is 11.3 Å². The maximum Gasteiger partial charge on any atom is 0.274 e. The van der Waals surface area contributed by atoms with Crippen molar-refractivity contribution in [2.24, 2.45) is 6.98 Å². The highest BCUT2D eigenvalue weighted by Crippen LogP contribution is 2.41. The highest BCUT2D eigenvalue weighted by molar-refractivity contribution is 7.14. The summed E-state index contributed by atoms with van der Waals surface area (Å²) >= 11 is 1.57. The molecule has 358 valence electrons. The van der Waals surface area contributed by atoms with Crippen molar-refractivity contribution in [1.29, 1.82) is 0 Å². The number of thiophene rings is 1. The lowest BCUT2D eigenvalue weighted by Gasteiger charge is -2.48. The van der Waals surface area contributed by atoms with Gasteiger partial charge in [0.2, 0.25) is 11.8 Å². The van der Waals surface area contributed by atoms with Crippen molar-refractivity contribution in [3.8, 4) is 11.1 Å². The Morgan fingerprint density at radius 1 is 0.841 bits per heavy atom. The Balaban J connectivity index is 0.749. The molecule has 5 aliphatic heterocycles. The summed E-state index contributed by atoms with van der Waals surface area (Å²) in [6.07, 6.45) is 12.0. The van der Waals surface area contributed by atoms with Crippen LogP contribution in [0.5, 0.6) is 0 Å². The van der Waals surface area contributed by atoms with E-state index in [0.29, 0.717) is 70.4 Å². The highest BCUT2D eigenvalue weighted by Gasteiger charge is 2.40. The summed E-state index contributed by atoms with van der Waals surface area (Å²) in [6, 6.07) is 13.1. The number of aliphatic hydroxyl groups is 1. The number of imide groups is 1. The molecule has 17 heteroatoms. The summed E-state index contributed by atoms with van der Waals surface area (Å²) < 4.78 is 25.5. The molecule has 3 saturated heterocycles. The van der Waals surface area contributed by atoms with Crippen molar-refractivity contribution < 1.29 is 28.4 Å². The Labute approximate surface area is 409 Å². The molecule has 5 aromatic rings. The smallest absolute Gasteiger partial charge is 0.274 e. The number of nitrogens with one attached hydrogen (secondary N) is 2. The van der Waals surface area contributed by atoms with Crippen LogP contribution < -0.4 is 30.9 Å². The predicted molar refractivity (Wildman–Crippen MR) is 265 cm³/mol. The summed E-state index contributed by atoms with van der Waals surface area (Å²) in [5.74, 6) is -0.374. The molecule has 4 aromatic heterocycles. The van der Waals surface area contributed by atoms with Crippen LogP contribution in [-0.2, 0) is 49.0 Å². The van der Waals surface area contributed by atoms with Crippen molar-refractivity contribution in [2.75, 3.05) is 52.7 Å². The van der Waals surface area contributed by atoms with Crippen LogP contribution in [0.25, 0.3) is 11.1 Å². The molecule has 0 saturated carbocycles. The summed E-state index contributed by atoms with van der Waals surface area (Å²) in [5, 5.41) is 16.3. The number of anilines is 5. The van der Waals surface area contributed by atoms with Gasteiger partial charge in [-0.15, -0.1) is 11.3 Å². The Bertz CT molecular complexity index is 3070. The molecule has 0 radical (unpaired) electrons. The molecule has 3 N–H and O–H groups in total. The maximum absolute atomic E-state index is 14.1. The normalized spacial score (nSPS) is 23.8. The fourth-order valence-electron chi connectivity index (χ4n) is 11.7. The van der Waals surface area contributed by atoms with E-state index in [2.05, 4.69) is 55.2 Å². The van der Waals surface area contributed by atoms with Gasteiger partial charge in [-0.05, 0) is 130 Å². The lowest BCUT2D eigenvalue weighted by atomic mass is 9.92. The van der Waals surface area contributed by atoms with E-state index in [9.17, 15) is 29.1 Å². The average molecular weight is 954 g/mol. The highest BCUT2D eigenvalue weighted by atomic mass is 32.1. The van der Waals surface area contributed by atoms with Gasteiger partial charge >= 0.3 is 0 Å².